The van der Waals surface area contributed by atoms with Gasteiger partial charge in [0.25, 0.3) is 0 Å². The van der Waals surface area contributed by atoms with Crippen molar-refractivity contribution in [1.29, 1.82) is 0 Å². The highest BCUT2D eigenvalue weighted by atomic mass is 32.1. The van der Waals surface area contributed by atoms with Crippen molar-refractivity contribution in [3.63, 3.8) is 0 Å². The lowest BCUT2D eigenvalue weighted by Gasteiger charge is -2.25. The summed E-state index contributed by atoms with van der Waals surface area (Å²) in [6.07, 6.45) is 19.6. The van der Waals surface area contributed by atoms with Gasteiger partial charge in [-0.3, -0.25) is 4.79 Å². The molecule has 2 aliphatic rings. The van der Waals surface area contributed by atoms with Gasteiger partial charge in [0.05, 0.1) is 5.70 Å². The van der Waals surface area contributed by atoms with Crippen molar-refractivity contribution in [2.24, 2.45) is 0 Å². The van der Waals surface area contributed by atoms with Crippen molar-refractivity contribution in [2.75, 3.05) is 6.54 Å². The topological polar surface area (TPSA) is 41.1 Å². The van der Waals surface area contributed by atoms with Crippen molar-refractivity contribution in [2.45, 2.75) is 109 Å². The van der Waals surface area contributed by atoms with Crippen LogP contribution in [0.2, 0.25) is 0 Å². The van der Waals surface area contributed by atoms with Crippen LogP contribution in [0.25, 0.3) is 0 Å². The third-order valence-electron chi connectivity index (χ3n) is 7.56. The molecule has 1 heterocycles. The first-order valence-corrected chi connectivity index (χ1v) is 14.2. The van der Waals surface area contributed by atoms with Crippen LogP contribution in [-0.4, -0.2) is 24.1 Å². The predicted octanol–water partition coefficient (Wildman–Crippen LogP) is 7.11. The number of aldehydes is 1. The van der Waals surface area contributed by atoms with E-state index in [0.717, 1.165) is 36.8 Å². The molecule has 3 atom stereocenters. The first-order valence-electron chi connectivity index (χ1n) is 13.7. The number of carbonyl (C=O) groups excluding carboxylic acids is 1. The van der Waals surface area contributed by atoms with Crippen LogP contribution in [0.1, 0.15) is 100 Å². The Kier molecular flexibility index (Phi) is 11.0. The highest BCUT2D eigenvalue weighted by molar-refractivity contribution is 7.81. The minimum absolute atomic E-state index is 0.219. The molecule has 3 nitrogen and oxygen atoms in total. The van der Waals surface area contributed by atoms with Gasteiger partial charge in [-0.1, -0.05) is 56.5 Å². The lowest BCUT2D eigenvalue weighted by atomic mass is 9.80. The Morgan fingerprint density at radius 3 is 2.77 bits per heavy atom. The second-order valence-corrected chi connectivity index (χ2v) is 11.4. The van der Waals surface area contributed by atoms with Gasteiger partial charge in [0.1, 0.15) is 0 Å². The normalized spacial score (nSPS) is 21.2. The number of hydrogen-bond acceptors (Lipinski definition) is 4. The number of carbonyl (C=O) groups is 1. The standard InChI is InChI=1S/C31H46N2OS/c1-5-6-7-12-25-17-23(3)31(26-14-10-11-22(2)16-26)27(18-25)13-8-9-15-32-20-28-19-29(24(4)35)33-30(28)21-34/h9,15-18,21,24,26,29,32-33,35H,5-8,10-14,19-20H2,1-4H3/b15-9+. The number of allylic oxidation sites excluding steroid dienone is 4. The molecule has 1 aromatic carbocycles. The number of thiol groups is 1. The van der Waals surface area contributed by atoms with E-state index >= 15 is 0 Å². The maximum atomic E-state index is 11.4. The summed E-state index contributed by atoms with van der Waals surface area (Å²) in [5.74, 6) is 0.566. The van der Waals surface area contributed by atoms with E-state index in [-0.39, 0.29) is 11.3 Å². The molecule has 3 rings (SSSR count). The number of unbranched alkanes of at least 4 members (excludes halogenated alkanes) is 2. The summed E-state index contributed by atoms with van der Waals surface area (Å²) >= 11 is 4.53. The van der Waals surface area contributed by atoms with E-state index in [1.165, 1.54) is 61.6 Å². The van der Waals surface area contributed by atoms with Gasteiger partial charge in [0.2, 0.25) is 0 Å². The maximum absolute atomic E-state index is 11.4. The highest BCUT2D eigenvalue weighted by Crippen LogP contribution is 2.36. The zero-order valence-corrected chi connectivity index (χ0v) is 23.2. The van der Waals surface area contributed by atoms with Crippen LogP contribution in [0.3, 0.4) is 0 Å². The first kappa shape index (κ1) is 27.6. The predicted molar refractivity (Wildman–Crippen MR) is 153 cm³/mol. The molecular weight excluding hydrogens is 448 g/mol. The van der Waals surface area contributed by atoms with Crippen LogP contribution in [0.4, 0.5) is 0 Å². The van der Waals surface area contributed by atoms with Crippen LogP contribution in [0.5, 0.6) is 0 Å². The van der Waals surface area contributed by atoms with Gasteiger partial charge in [-0.2, -0.15) is 12.6 Å². The average molecular weight is 495 g/mol. The number of rotatable bonds is 13. The van der Waals surface area contributed by atoms with Crippen molar-refractivity contribution in [1.82, 2.24) is 10.6 Å². The number of aryl methyl sites for hydroxylation is 3. The van der Waals surface area contributed by atoms with E-state index < -0.39 is 0 Å². The summed E-state index contributed by atoms with van der Waals surface area (Å²) < 4.78 is 0. The summed E-state index contributed by atoms with van der Waals surface area (Å²) in [7, 11) is 0. The maximum Gasteiger partial charge on any atom is 0.165 e. The molecule has 0 radical (unpaired) electrons. The molecule has 0 aromatic heterocycles. The molecule has 0 amide bonds. The second-order valence-electron chi connectivity index (χ2n) is 10.6. The number of nitrogens with one attached hydrogen (secondary N) is 2. The molecule has 0 spiro atoms. The smallest absolute Gasteiger partial charge is 0.165 e. The third-order valence-corrected chi connectivity index (χ3v) is 7.92. The third kappa shape index (κ3) is 8.03. The largest absolute Gasteiger partial charge is 0.387 e. The molecule has 35 heavy (non-hydrogen) atoms. The van der Waals surface area contributed by atoms with Crippen molar-refractivity contribution >= 4 is 18.9 Å². The lowest BCUT2D eigenvalue weighted by Crippen LogP contribution is -2.30. The second kappa shape index (κ2) is 14.0. The van der Waals surface area contributed by atoms with E-state index in [4.69, 9.17) is 0 Å². The van der Waals surface area contributed by atoms with Crippen LogP contribution >= 0.6 is 12.6 Å². The van der Waals surface area contributed by atoms with Crippen LogP contribution in [0.15, 0.2) is 47.3 Å². The van der Waals surface area contributed by atoms with E-state index in [2.05, 4.69) is 81.4 Å². The van der Waals surface area contributed by atoms with Crippen LogP contribution in [0, 0.1) is 6.92 Å². The van der Waals surface area contributed by atoms with Gasteiger partial charge >= 0.3 is 0 Å². The van der Waals surface area contributed by atoms with E-state index in [0.29, 0.717) is 12.5 Å². The van der Waals surface area contributed by atoms with E-state index in [1.54, 1.807) is 11.1 Å². The fourth-order valence-corrected chi connectivity index (χ4v) is 5.82. The minimum atomic E-state index is 0.219. The van der Waals surface area contributed by atoms with Crippen molar-refractivity contribution in [3.05, 3.63) is 69.6 Å². The lowest BCUT2D eigenvalue weighted by molar-refractivity contribution is -0.105. The molecule has 1 aliphatic carbocycles. The monoisotopic (exact) mass is 494 g/mol. The number of hydrogen-bond donors (Lipinski definition) is 3. The Labute approximate surface area is 219 Å². The molecular formula is C31H46N2OS. The molecule has 1 aliphatic heterocycles. The first-order chi connectivity index (χ1) is 16.9. The molecule has 0 bridgehead atoms. The average Bonchev–Trinajstić information content (AvgIpc) is 3.25. The van der Waals surface area contributed by atoms with Crippen LogP contribution < -0.4 is 10.6 Å². The highest BCUT2D eigenvalue weighted by Gasteiger charge is 2.25. The molecule has 4 heteroatoms. The van der Waals surface area contributed by atoms with Gasteiger partial charge in [0, 0.05) is 23.8 Å². The fourth-order valence-electron chi connectivity index (χ4n) is 5.64. The molecule has 1 aromatic rings. The Hall–Kier alpha value is -1.94. The molecule has 2 N–H and O–H groups in total. The Morgan fingerprint density at radius 1 is 1.23 bits per heavy atom. The van der Waals surface area contributed by atoms with E-state index in [1.807, 2.05) is 0 Å². The summed E-state index contributed by atoms with van der Waals surface area (Å²) in [6, 6.07) is 5.20. The fraction of sp³-hybridized carbons (Fsp3) is 0.581. The number of benzene rings is 1. The summed E-state index contributed by atoms with van der Waals surface area (Å²) in [5, 5.41) is 6.92. The Balaban J connectivity index is 1.63. The molecule has 0 fully saturated rings. The molecule has 192 valence electrons. The van der Waals surface area contributed by atoms with Gasteiger partial charge in [0.15, 0.2) is 6.29 Å². The van der Waals surface area contributed by atoms with Crippen molar-refractivity contribution in [3.8, 4) is 0 Å². The summed E-state index contributed by atoms with van der Waals surface area (Å²) in [6.45, 7) is 9.66. The quantitative estimate of drug-likeness (QED) is 0.118. The molecule has 0 saturated carbocycles. The van der Waals surface area contributed by atoms with Gasteiger partial charge in [-0.25, -0.2) is 0 Å². The van der Waals surface area contributed by atoms with Gasteiger partial charge in [-0.15, -0.1) is 0 Å². The minimum Gasteiger partial charge on any atom is -0.387 e. The van der Waals surface area contributed by atoms with E-state index in [9.17, 15) is 4.79 Å². The van der Waals surface area contributed by atoms with Gasteiger partial charge < -0.3 is 10.6 Å². The SMILES string of the molecule is CCCCCc1cc(C)c(C2C=C(C)CCC2)c(CC/C=C/NCC2=C(C=O)NC(C(C)S)C2)c1. The molecule has 0 saturated heterocycles. The molecule has 3 unspecified atom stereocenters. The Morgan fingerprint density at radius 2 is 2.06 bits per heavy atom. The Bertz CT molecular complexity index is 944. The van der Waals surface area contributed by atoms with Crippen molar-refractivity contribution < 1.29 is 4.79 Å². The zero-order chi connectivity index (χ0) is 25.2. The van der Waals surface area contributed by atoms with Gasteiger partial charge in [-0.05, 0) is 99.2 Å². The van der Waals surface area contributed by atoms with Crippen LogP contribution in [-0.2, 0) is 17.6 Å². The zero-order valence-electron chi connectivity index (χ0n) is 22.3. The summed E-state index contributed by atoms with van der Waals surface area (Å²) in [5.41, 5.74) is 9.51. The summed E-state index contributed by atoms with van der Waals surface area (Å²) in [4.78, 5) is 11.4.